The van der Waals surface area contributed by atoms with Crippen LogP contribution in [0.4, 0.5) is 5.69 Å². The number of rotatable bonds is 6. The van der Waals surface area contributed by atoms with Crippen LogP contribution in [-0.4, -0.2) is 37.7 Å². The number of nitrogens with zero attached hydrogens (tertiary/aromatic N) is 1. The Balaban J connectivity index is 1.71. The third kappa shape index (κ3) is 3.92. The van der Waals surface area contributed by atoms with Crippen molar-refractivity contribution in [3.63, 3.8) is 0 Å². The van der Waals surface area contributed by atoms with E-state index < -0.39 is 6.10 Å². The zero-order chi connectivity index (χ0) is 19.4. The van der Waals surface area contributed by atoms with Gasteiger partial charge in [-0.05, 0) is 31.2 Å². The summed E-state index contributed by atoms with van der Waals surface area (Å²) in [7, 11) is 3.10. The second kappa shape index (κ2) is 7.90. The van der Waals surface area contributed by atoms with E-state index in [0.717, 1.165) is 0 Å². The van der Waals surface area contributed by atoms with Gasteiger partial charge in [0.25, 0.3) is 5.91 Å². The van der Waals surface area contributed by atoms with Crippen LogP contribution < -0.4 is 14.8 Å². The van der Waals surface area contributed by atoms with E-state index in [0.29, 0.717) is 40.4 Å². The second-order valence-electron chi connectivity index (χ2n) is 6.00. The minimum absolute atomic E-state index is 0.0704. The van der Waals surface area contributed by atoms with Crippen LogP contribution in [0.15, 0.2) is 47.6 Å². The van der Waals surface area contributed by atoms with E-state index in [-0.39, 0.29) is 11.7 Å². The highest BCUT2D eigenvalue weighted by Gasteiger charge is 2.31. The topological polar surface area (TPSA) is 86.2 Å². The molecule has 1 aliphatic rings. The first-order chi connectivity index (χ1) is 13.0. The molecule has 0 aromatic heterocycles. The van der Waals surface area contributed by atoms with E-state index in [1.165, 1.54) is 6.92 Å². The fraction of sp³-hybridized carbons (Fsp3) is 0.250. The number of carbonyl (C=O) groups is 2. The van der Waals surface area contributed by atoms with E-state index in [9.17, 15) is 9.59 Å². The Morgan fingerprint density at radius 2 is 1.93 bits per heavy atom. The van der Waals surface area contributed by atoms with Crippen molar-refractivity contribution in [1.29, 1.82) is 0 Å². The Labute approximate surface area is 156 Å². The lowest BCUT2D eigenvalue weighted by molar-refractivity contribution is -0.125. The highest BCUT2D eigenvalue weighted by atomic mass is 16.6. The van der Waals surface area contributed by atoms with Crippen LogP contribution in [0.5, 0.6) is 11.5 Å². The molecule has 1 heterocycles. The van der Waals surface area contributed by atoms with Crippen LogP contribution in [0, 0.1) is 0 Å². The quantitative estimate of drug-likeness (QED) is 0.792. The van der Waals surface area contributed by atoms with Crippen LogP contribution in [0.1, 0.15) is 29.3 Å². The number of carbonyl (C=O) groups excluding carboxylic acids is 2. The lowest BCUT2D eigenvalue weighted by atomic mass is 10.0. The average Bonchev–Trinajstić information content (AvgIpc) is 3.17. The summed E-state index contributed by atoms with van der Waals surface area (Å²) in [5.74, 6) is 0.708. The maximum absolute atomic E-state index is 12.5. The molecular formula is C20H20N2O5. The highest BCUT2D eigenvalue weighted by molar-refractivity contribution is 6.08. The SMILES string of the molecule is COc1cccc(C2=NO[C@H](C(=O)Nc3cccc(C(C)=O)c3)C2)c1OC. The first kappa shape index (κ1) is 18.4. The second-order valence-corrected chi connectivity index (χ2v) is 6.00. The maximum Gasteiger partial charge on any atom is 0.268 e. The summed E-state index contributed by atoms with van der Waals surface area (Å²) in [6.07, 6.45) is -0.473. The van der Waals surface area contributed by atoms with Crippen molar-refractivity contribution in [3.8, 4) is 11.5 Å². The van der Waals surface area contributed by atoms with Gasteiger partial charge in [0.15, 0.2) is 17.3 Å². The van der Waals surface area contributed by atoms with Crippen LogP contribution in [0.3, 0.4) is 0 Å². The van der Waals surface area contributed by atoms with Gasteiger partial charge in [-0.15, -0.1) is 0 Å². The summed E-state index contributed by atoms with van der Waals surface area (Å²) < 4.78 is 10.7. The fourth-order valence-corrected chi connectivity index (χ4v) is 2.83. The van der Waals surface area contributed by atoms with Crippen molar-refractivity contribution in [2.45, 2.75) is 19.4 Å². The first-order valence-corrected chi connectivity index (χ1v) is 8.39. The van der Waals surface area contributed by atoms with Gasteiger partial charge >= 0.3 is 0 Å². The zero-order valence-corrected chi connectivity index (χ0v) is 15.3. The molecule has 0 fully saturated rings. The molecule has 140 valence electrons. The van der Waals surface area contributed by atoms with E-state index in [1.807, 2.05) is 12.1 Å². The van der Waals surface area contributed by atoms with E-state index in [4.69, 9.17) is 14.3 Å². The molecule has 0 bridgehead atoms. The molecule has 7 nitrogen and oxygen atoms in total. The third-order valence-electron chi connectivity index (χ3n) is 4.21. The van der Waals surface area contributed by atoms with Crippen LogP contribution in [0.25, 0.3) is 0 Å². The van der Waals surface area contributed by atoms with Crippen LogP contribution in [0.2, 0.25) is 0 Å². The zero-order valence-electron chi connectivity index (χ0n) is 15.3. The molecule has 1 amide bonds. The number of Topliss-reactive ketones (excluding diaryl/α,β-unsaturated/α-hetero) is 1. The van der Waals surface area contributed by atoms with Crippen molar-refractivity contribution in [3.05, 3.63) is 53.6 Å². The van der Waals surface area contributed by atoms with Gasteiger partial charge in [0.2, 0.25) is 6.10 Å². The Morgan fingerprint density at radius 3 is 2.63 bits per heavy atom. The molecule has 3 rings (SSSR count). The Bertz CT molecular complexity index is 907. The number of hydrogen-bond donors (Lipinski definition) is 1. The highest BCUT2D eigenvalue weighted by Crippen LogP contribution is 2.33. The monoisotopic (exact) mass is 368 g/mol. The van der Waals surface area contributed by atoms with E-state index in [2.05, 4.69) is 10.5 Å². The molecule has 0 unspecified atom stereocenters. The third-order valence-corrected chi connectivity index (χ3v) is 4.21. The molecular weight excluding hydrogens is 348 g/mol. The molecule has 0 radical (unpaired) electrons. The molecule has 2 aromatic rings. The number of benzene rings is 2. The van der Waals surface area contributed by atoms with Crippen molar-refractivity contribution >= 4 is 23.1 Å². The molecule has 2 aromatic carbocycles. The summed E-state index contributed by atoms with van der Waals surface area (Å²) in [6.45, 7) is 1.47. The number of amides is 1. The molecule has 0 saturated carbocycles. The molecule has 1 N–H and O–H groups in total. The predicted octanol–water partition coefficient (Wildman–Crippen LogP) is 3.04. The fourth-order valence-electron chi connectivity index (χ4n) is 2.83. The molecule has 7 heteroatoms. The van der Waals surface area contributed by atoms with Gasteiger partial charge in [-0.2, -0.15) is 0 Å². The lowest BCUT2D eigenvalue weighted by Gasteiger charge is -2.12. The number of hydrogen-bond acceptors (Lipinski definition) is 6. The summed E-state index contributed by atoms with van der Waals surface area (Å²) in [4.78, 5) is 29.3. The summed E-state index contributed by atoms with van der Waals surface area (Å²) in [5.41, 5.74) is 2.37. The van der Waals surface area contributed by atoms with Gasteiger partial charge in [-0.1, -0.05) is 23.4 Å². The van der Waals surface area contributed by atoms with Crippen molar-refractivity contribution in [2.75, 3.05) is 19.5 Å². The summed E-state index contributed by atoms with van der Waals surface area (Å²) in [6, 6.07) is 12.2. The molecule has 0 aliphatic carbocycles. The minimum Gasteiger partial charge on any atom is -0.493 e. The Hall–Kier alpha value is -3.35. The number of methoxy groups -OCH3 is 2. The van der Waals surface area contributed by atoms with E-state index in [1.54, 1.807) is 44.6 Å². The normalized spacial score (nSPS) is 15.5. The number of ether oxygens (including phenoxy) is 2. The average molecular weight is 368 g/mol. The largest absolute Gasteiger partial charge is 0.493 e. The van der Waals surface area contributed by atoms with Gasteiger partial charge in [-0.25, -0.2) is 0 Å². The number of anilines is 1. The van der Waals surface area contributed by atoms with Crippen LogP contribution in [-0.2, 0) is 9.63 Å². The molecule has 0 spiro atoms. The molecule has 27 heavy (non-hydrogen) atoms. The smallest absolute Gasteiger partial charge is 0.268 e. The first-order valence-electron chi connectivity index (χ1n) is 8.39. The Morgan fingerprint density at radius 1 is 1.15 bits per heavy atom. The van der Waals surface area contributed by atoms with Crippen molar-refractivity contribution < 1.29 is 23.9 Å². The summed E-state index contributed by atoms with van der Waals surface area (Å²) >= 11 is 0. The van der Waals surface area contributed by atoms with Crippen LogP contribution >= 0.6 is 0 Å². The number of para-hydroxylation sites is 1. The Kier molecular flexibility index (Phi) is 5.40. The van der Waals surface area contributed by atoms with Crippen molar-refractivity contribution in [2.24, 2.45) is 5.16 Å². The van der Waals surface area contributed by atoms with Gasteiger partial charge < -0.3 is 19.6 Å². The summed E-state index contributed by atoms with van der Waals surface area (Å²) in [5, 5.41) is 6.80. The van der Waals surface area contributed by atoms with Gasteiger partial charge in [0.1, 0.15) is 0 Å². The van der Waals surface area contributed by atoms with Gasteiger partial charge in [0, 0.05) is 23.2 Å². The minimum atomic E-state index is -0.767. The molecule has 1 aliphatic heterocycles. The molecule has 1 atom stereocenters. The van der Waals surface area contributed by atoms with E-state index >= 15 is 0 Å². The van der Waals surface area contributed by atoms with Gasteiger partial charge in [-0.3, -0.25) is 9.59 Å². The number of ketones is 1. The molecule has 0 saturated heterocycles. The number of oxime groups is 1. The maximum atomic E-state index is 12.5. The number of nitrogens with one attached hydrogen (secondary N) is 1. The van der Waals surface area contributed by atoms with Crippen molar-refractivity contribution in [1.82, 2.24) is 0 Å². The van der Waals surface area contributed by atoms with Gasteiger partial charge in [0.05, 0.1) is 19.9 Å². The lowest BCUT2D eigenvalue weighted by Crippen LogP contribution is -2.28. The standard InChI is InChI=1S/C20H20N2O5/c1-12(23)13-6-4-7-14(10-13)21-20(24)18-11-16(22-27-18)15-8-5-9-17(25-2)19(15)26-3/h4-10,18H,11H2,1-3H3,(H,21,24)/t18-/m0/s1. The predicted molar refractivity (Wildman–Crippen MR) is 101 cm³/mol.